The van der Waals surface area contributed by atoms with Gasteiger partial charge in [0, 0.05) is 18.5 Å². The maximum atomic E-state index is 12.3. The van der Waals surface area contributed by atoms with E-state index >= 15 is 0 Å². The van der Waals surface area contributed by atoms with E-state index in [-0.39, 0.29) is 24.3 Å². The molecule has 1 N–H and O–H groups in total. The highest BCUT2D eigenvalue weighted by Crippen LogP contribution is 2.33. The topological polar surface area (TPSA) is 79.5 Å². The van der Waals surface area contributed by atoms with E-state index in [9.17, 15) is 9.90 Å². The van der Waals surface area contributed by atoms with Crippen molar-refractivity contribution in [3.63, 3.8) is 0 Å². The molecule has 110 valence electrons. The number of hydrogen-bond donors (Lipinski definition) is 1. The quantitative estimate of drug-likeness (QED) is 0.816. The van der Waals surface area contributed by atoms with Crippen LogP contribution in [0, 0.1) is 12.3 Å². The molecule has 1 saturated heterocycles. The molecule has 1 aliphatic rings. The third-order valence-corrected chi connectivity index (χ3v) is 3.99. The number of carbonyl (C=O) groups is 1. The molecule has 0 radical (unpaired) electrons. The number of likely N-dealkylation sites (tertiary alicyclic amines) is 1. The van der Waals surface area contributed by atoms with Crippen LogP contribution in [0.15, 0.2) is 17.3 Å². The van der Waals surface area contributed by atoms with Crippen LogP contribution in [0.4, 0.5) is 0 Å². The number of nitrogens with zero attached hydrogens (tertiary/aromatic N) is 3. The van der Waals surface area contributed by atoms with E-state index in [4.69, 9.17) is 0 Å². The summed E-state index contributed by atoms with van der Waals surface area (Å²) in [7, 11) is 0. The molecule has 20 heavy (non-hydrogen) atoms. The highest BCUT2D eigenvalue weighted by atomic mass is 16.6. The molecule has 1 unspecified atom stereocenters. The zero-order valence-electron chi connectivity index (χ0n) is 11.8. The van der Waals surface area contributed by atoms with Gasteiger partial charge in [0.2, 0.25) is 5.91 Å². The van der Waals surface area contributed by atoms with Crippen LogP contribution in [-0.2, 0) is 11.2 Å². The van der Waals surface area contributed by atoms with Crippen molar-refractivity contribution in [3.05, 3.63) is 24.0 Å². The molecule has 0 aromatic carbocycles. The van der Waals surface area contributed by atoms with E-state index < -0.39 is 0 Å². The molecule has 6 nitrogen and oxygen atoms in total. The van der Waals surface area contributed by atoms with Crippen molar-refractivity contribution in [2.75, 3.05) is 19.7 Å². The number of aliphatic hydroxyl groups excluding tert-OH is 1. The Hall–Kier alpha value is -1.69. The zero-order chi connectivity index (χ0) is 14.6. The molecule has 0 saturated carbocycles. The standard InChI is InChI=1S/C14H21N3O3/c1-3-5-14(10-18)6-4-7-17(9-14)13(19)8-12-11(2)15-20-16-12/h3,18H,1,4-10H2,2H3. The summed E-state index contributed by atoms with van der Waals surface area (Å²) in [5, 5.41) is 17.1. The first kappa shape index (κ1) is 14.7. The van der Waals surface area contributed by atoms with Crippen LogP contribution in [0.1, 0.15) is 30.7 Å². The van der Waals surface area contributed by atoms with Gasteiger partial charge in [-0.3, -0.25) is 4.79 Å². The van der Waals surface area contributed by atoms with E-state index in [0.717, 1.165) is 25.8 Å². The Balaban J connectivity index is 2.03. The smallest absolute Gasteiger partial charge is 0.228 e. The van der Waals surface area contributed by atoms with Crippen LogP contribution in [0.25, 0.3) is 0 Å². The molecule has 1 atom stereocenters. The molecule has 2 heterocycles. The lowest BCUT2D eigenvalue weighted by molar-refractivity contribution is -0.134. The first-order chi connectivity index (χ1) is 9.60. The minimum Gasteiger partial charge on any atom is -0.396 e. The van der Waals surface area contributed by atoms with Gasteiger partial charge < -0.3 is 10.0 Å². The second kappa shape index (κ2) is 6.17. The third kappa shape index (κ3) is 3.07. The Morgan fingerprint density at radius 3 is 3.00 bits per heavy atom. The molecule has 1 aromatic heterocycles. The molecule has 1 aliphatic heterocycles. The summed E-state index contributed by atoms with van der Waals surface area (Å²) in [6, 6.07) is 0. The van der Waals surface area contributed by atoms with Crippen molar-refractivity contribution >= 4 is 5.91 Å². The van der Waals surface area contributed by atoms with E-state index in [0.29, 0.717) is 17.9 Å². The van der Waals surface area contributed by atoms with E-state index in [1.165, 1.54) is 0 Å². The van der Waals surface area contributed by atoms with E-state index in [2.05, 4.69) is 21.5 Å². The Kier molecular flexibility index (Phi) is 4.54. The molecule has 1 amide bonds. The summed E-state index contributed by atoms with van der Waals surface area (Å²) in [5.74, 6) is 0.00499. The summed E-state index contributed by atoms with van der Waals surface area (Å²) in [6.45, 7) is 6.88. The minimum absolute atomic E-state index is 0.00499. The first-order valence-electron chi connectivity index (χ1n) is 6.88. The van der Waals surface area contributed by atoms with Gasteiger partial charge in [0.15, 0.2) is 0 Å². The SMILES string of the molecule is C=CCC1(CO)CCCN(C(=O)Cc2nonc2C)C1. The maximum Gasteiger partial charge on any atom is 0.228 e. The molecule has 0 spiro atoms. The van der Waals surface area contributed by atoms with Crippen LogP contribution in [0.2, 0.25) is 0 Å². The van der Waals surface area contributed by atoms with Crippen molar-refractivity contribution in [2.45, 2.75) is 32.6 Å². The molecular formula is C14H21N3O3. The number of aryl methyl sites for hydroxylation is 1. The number of carbonyl (C=O) groups excluding carboxylic acids is 1. The van der Waals surface area contributed by atoms with Crippen molar-refractivity contribution in [1.29, 1.82) is 0 Å². The molecule has 2 rings (SSSR count). The molecular weight excluding hydrogens is 258 g/mol. The fourth-order valence-electron chi connectivity index (χ4n) is 2.75. The number of amides is 1. The normalized spacial score (nSPS) is 22.8. The fraction of sp³-hybridized carbons (Fsp3) is 0.643. The average Bonchev–Trinajstić information content (AvgIpc) is 2.85. The lowest BCUT2D eigenvalue weighted by atomic mass is 9.77. The van der Waals surface area contributed by atoms with Crippen LogP contribution in [0.5, 0.6) is 0 Å². The van der Waals surface area contributed by atoms with Gasteiger partial charge in [-0.1, -0.05) is 16.4 Å². The largest absolute Gasteiger partial charge is 0.396 e. The number of piperidine rings is 1. The summed E-state index contributed by atoms with van der Waals surface area (Å²) in [5.41, 5.74) is 0.987. The average molecular weight is 279 g/mol. The van der Waals surface area contributed by atoms with E-state index in [1.807, 2.05) is 6.08 Å². The number of aromatic nitrogens is 2. The number of rotatable bonds is 5. The van der Waals surface area contributed by atoms with E-state index in [1.54, 1.807) is 11.8 Å². The van der Waals surface area contributed by atoms with Crippen molar-refractivity contribution < 1.29 is 14.5 Å². The predicted molar refractivity (Wildman–Crippen MR) is 72.9 cm³/mol. The Morgan fingerprint density at radius 1 is 1.60 bits per heavy atom. The third-order valence-electron chi connectivity index (χ3n) is 3.99. The lowest BCUT2D eigenvalue weighted by Gasteiger charge is -2.41. The highest BCUT2D eigenvalue weighted by Gasteiger charge is 2.35. The predicted octanol–water partition coefficient (Wildman–Crippen LogP) is 1.10. The summed E-state index contributed by atoms with van der Waals surface area (Å²) >= 11 is 0. The van der Waals surface area contributed by atoms with Crippen molar-refractivity contribution in [3.8, 4) is 0 Å². The van der Waals surface area contributed by atoms with Gasteiger partial charge in [-0.15, -0.1) is 6.58 Å². The van der Waals surface area contributed by atoms with Crippen LogP contribution in [-0.4, -0.2) is 45.9 Å². The van der Waals surface area contributed by atoms with Crippen LogP contribution < -0.4 is 0 Å². The Morgan fingerprint density at radius 2 is 2.40 bits per heavy atom. The monoisotopic (exact) mass is 279 g/mol. The summed E-state index contributed by atoms with van der Waals surface area (Å²) in [4.78, 5) is 14.1. The number of hydrogen-bond acceptors (Lipinski definition) is 5. The van der Waals surface area contributed by atoms with Gasteiger partial charge >= 0.3 is 0 Å². The van der Waals surface area contributed by atoms with Crippen molar-refractivity contribution in [1.82, 2.24) is 15.2 Å². The second-order valence-corrected chi connectivity index (χ2v) is 5.54. The van der Waals surface area contributed by atoms with Crippen LogP contribution >= 0.6 is 0 Å². The molecule has 6 heteroatoms. The van der Waals surface area contributed by atoms with Crippen LogP contribution in [0.3, 0.4) is 0 Å². The Labute approximate surface area is 118 Å². The Bertz CT molecular complexity index is 486. The minimum atomic E-state index is -0.243. The second-order valence-electron chi connectivity index (χ2n) is 5.54. The van der Waals surface area contributed by atoms with Crippen molar-refractivity contribution in [2.24, 2.45) is 5.41 Å². The highest BCUT2D eigenvalue weighted by molar-refractivity contribution is 5.78. The molecule has 0 bridgehead atoms. The maximum absolute atomic E-state index is 12.3. The van der Waals surface area contributed by atoms with Gasteiger partial charge in [0.1, 0.15) is 11.4 Å². The van der Waals surface area contributed by atoms with Gasteiger partial charge in [0.25, 0.3) is 0 Å². The van der Waals surface area contributed by atoms with Gasteiger partial charge in [-0.05, 0) is 26.2 Å². The summed E-state index contributed by atoms with van der Waals surface area (Å²) < 4.78 is 4.61. The number of aliphatic hydroxyl groups is 1. The molecule has 1 aromatic rings. The fourth-order valence-corrected chi connectivity index (χ4v) is 2.75. The molecule has 0 aliphatic carbocycles. The first-order valence-corrected chi connectivity index (χ1v) is 6.88. The lowest BCUT2D eigenvalue weighted by Crippen LogP contribution is -2.48. The summed E-state index contributed by atoms with van der Waals surface area (Å²) in [6.07, 6.45) is 4.55. The van der Waals surface area contributed by atoms with Gasteiger partial charge in [-0.2, -0.15) is 0 Å². The zero-order valence-corrected chi connectivity index (χ0v) is 11.8. The van der Waals surface area contributed by atoms with Gasteiger partial charge in [-0.25, -0.2) is 4.63 Å². The number of allylic oxidation sites excluding steroid dienone is 1. The van der Waals surface area contributed by atoms with Gasteiger partial charge in [0.05, 0.1) is 13.0 Å². The molecule has 1 fully saturated rings.